The Balaban J connectivity index is 1.65. The van der Waals surface area contributed by atoms with Crippen LogP contribution < -0.4 is 0 Å². The van der Waals surface area contributed by atoms with Crippen LogP contribution in [-0.4, -0.2) is 34.6 Å². The molecule has 2 aromatic rings. The molecule has 0 N–H and O–H groups in total. The van der Waals surface area contributed by atoms with E-state index in [2.05, 4.69) is 16.0 Å². The number of carbonyl (C=O) groups excluding carboxylic acids is 1. The van der Waals surface area contributed by atoms with Gasteiger partial charge in [0.25, 0.3) is 5.91 Å². The third-order valence-electron chi connectivity index (χ3n) is 4.78. The van der Waals surface area contributed by atoms with Gasteiger partial charge in [0.1, 0.15) is 0 Å². The molecule has 3 heterocycles. The molecule has 0 unspecified atom stereocenters. The van der Waals surface area contributed by atoms with Crippen molar-refractivity contribution in [1.82, 2.24) is 9.88 Å². The van der Waals surface area contributed by atoms with E-state index in [0.29, 0.717) is 6.54 Å². The summed E-state index contributed by atoms with van der Waals surface area (Å²) in [5.41, 5.74) is 5.74. The molecule has 0 bridgehead atoms. The molecule has 4 heteroatoms. The number of aryl methyl sites for hydroxylation is 1. The van der Waals surface area contributed by atoms with Crippen LogP contribution in [-0.2, 0) is 6.54 Å². The van der Waals surface area contributed by atoms with Gasteiger partial charge >= 0.3 is 0 Å². The lowest BCUT2D eigenvalue weighted by Gasteiger charge is -2.26. The summed E-state index contributed by atoms with van der Waals surface area (Å²) in [5.74, 6) is 0.132. The van der Waals surface area contributed by atoms with Crippen LogP contribution in [0.15, 0.2) is 41.4 Å². The maximum absolute atomic E-state index is 12.7. The molecule has 24 heavy (non-hydrogen) atoms. The van der Waals surface area contributed by atoms with E-state index in [1.807, 2.05) is 42.2 Å². The molecule has 2 aliphatic rings. The van der Waals surface area contributed by atoms with Crippen LogP contribution >= 0.6 is 0 Å². The highest BCUT2D eigenvalue weighted by Crippen LogP contribution is 2.23. The summed E-state index contributed by atoms with van der Waals surface area (Å²) in [6.45, 7) is 4.40. The normalized spacial score (nSPS) is 16.7. The number of hydrogen-bond acceptors (Lipinski definition) is 3. The number of aliphatic imine (C=N–C) groups is 1. The molecule has 0 spiro atoms. The highest BCUT2D eigenvalue weighted by atomic mass is 16.2. The van der Waals surface area contributed by atoms with E-state index in [1.165, 1.54) is 6.42 Å². The lowest BCUT2D eigenvalue weighted by molar-refractivity contribution is 0.0724. The predicted molar refractivity (Wildman–Crippen MR) is 94.5 cm³/mol. The molecule has 1 aromatic heterocycles. The highest BCUT2D eigenvalue weighted by molar-refractivity contribution is 6.14. The van der Waals surface area contributed by atoms with E-state index in [1.54, 1.807) is 0 Å². The average molecular weight is 319 g/mol. The first-order chi connectivity index (χ1) is 11.7. The van der Waals surface area contributed by atoms with Crippen molar-refractivity contribution in [3.8, 4) is 0 Å². The van der Waals surface area contributed by atoms with Crippen molar-refractivity contribution in [2.45, 2.75) is 32.7 Å². The first kappa shape index (κ1) is 15.1. The van der Waals surface area contributed by atoms with Gasteiger partial charge in [-0.05, 0) is 44.4 Å². The van der Waals surface area contributed by atoms with Gasteiger partial charge in [-0.15, -0.1) is 0 Å². The van der Waals surface area contributed by atoms with E-state index >= 15 is 0 Å². The minimum absolute atomic E-state index is 0.132. The zero-order chi connectivity index (χ0) is 16.5. The summed E-state index contributed by atoms with van der Waals surface area (Å²) in [5, 5.41) is 0. The molecular formula is C20H21N3O. The summed E-state index contributed by atoms with van der Waals surface area (Å²) in [6, 6.07) is 12.0. The van der Waals surface area contributed by atoms with Gasteiger partial charge in [-0.25, -0.2) is 0 Å². The molecule has 1 aromatic carbocycles. The molecule has 1 amide bonds. The van der Waals surface area contributed by atoms with Crippen LogP contribution in [0.25, 0.3) is 0 Å². The Hall–Kier alpha value is -2.49. The van der Waals surface area contributed by atoms with Crippen molar-refractivity contribution in [1.29, 1.82) is 0 Å². The number of likely N-dealkylation sites (tertiary alicyclic amines) is 1. The second-order valence-corrected chi connectivity index (χ2v) is 6.56. The molecule has 0 radical (unpaired) electrons. The van der Waals surface area contributed by atoms with Gasteiger partial charge in [0.2, 0.25) is 0 Å². The fraction of sp³-hybridized carbons (Fsp3) is 0.350. The molecule has 1 saturated heterocycles. The molecule has 0 atom stereocenters. The average Bonchev–Trinajstić information content (AvgIpc) is 3.05. The summed E-state index contributed by atoms with van der Waals surface area (Å²) in [6.07, 6.45) is 3.44. The number of benzene rings is 1. The van der Waals surface area contributed by atoms with E-state index in [0.717, 1.165) is 59.7 Å². The van der Waals surface area contributed by atoms with Gasteiger partial charge in [0.15, 0.2) is 0 Å². The number of fused-ring (bicyclic) bond motifs is 1. The third kappa shape index (κ3) is 2.73. The van der Waals surface area contributed by atoms with Crippen molar-refractivity contribution in [2.75, 3.05) is 13.1 Å². The van der Waals surface area contributed by atoms with Gasteiger partial charge in [-0.2, -0.15) is 0 Å². The monoisotopic (exact) mass is 319 g/mol. The topological polar surface area (TPSA) is 45.6 Å². The minimum Gasteiger partial charge on any atom is -0.339 e. The van der Waals surface area contributed by atoms with E-state index in [9.17, 15) is 4.79 Å². The standard InChI is InChI=1S/C20H21N3O/c1-14-8-9-17-13-21-18(19(17)22-14)15-6-5-7-16(12-15)20(24)23-10-3-2-4-11-23/h5-9,12H,2-4,10-11,13H2,1H3. The highest BCUT2D eigenvalue weighted by Gasteiger charge is 2.22. The summed E-state index contributed by atoms with van der Waals surface area (Å²) < 4.78 is 0. The predicted octanol–water partition coefficient (Wildman–Crippen LogP) is 3.37. The largest absolute Gasteiger partial charge is 0.339 e. The lowest BCUT2D eigenvalue weighted by Crippen LogP contribution is -2.35. The van der Waals surface area contributed by atoms with Crippen LogP contribution in [0.5, 0.6) is 0 Å². The van der Waals surface area contributed by atoms with E-state index in [-0.39, 0.29) is 5.91 Å². The van der Waals surface area contributed by atoms with Crippen LogP contribution in [0, 0.1) is 6.92 Å². The Bertz CT molecular complexity index is 819. The molecule has 1 fully saturated rings. The molecule has 0 aliphatic carbocycles. The zero-order valence-corrected chi connectivity index (χ0v) is 14.0. The third-order valence-corrected chi connectivity index (χ3v) is 4.78. The zero-order valence-electron chi connectivity index (χ0n) is 14.0. The number of amides is 1. The van der Waals surface area contributed by atoms with Gasteiger partial charge < -0.3 is 4.90 Å². The Morgan fingerprint density at radius 3 is 2.75 bits per heavy atom. The Morgan fingerprint density at radius 2 is 1.92 bits per heavy atom. The van der Waals surface area contributed by atoms with E-state index in [4.69, 9.17) is 0 Å². The molecule has 2 aliphatic heterocycles. The van der Waals surface area contributed by atoms with Crippen LogP contribution in [0.2, 0.25) is 0 Å². The second kappa shape index (κ2) is 6.19. The van der Waals surface area contributed by atoms with Gasteiger partial charge in [-0.3, -0.25) is 14.8 Å². The van der Waals surface area contributed by atoms with Crippen molar-refractivity contribution in [3.05, 3.63) is 64.5 Å². The Labute approximate surface area is 142 Å². The smallest absolute Gasteiger partial charge is 0.253 e. The molecule has 4 rings (SSSR count). The fourth-order valence-corrected chi connectivity index (χ4v) is 3.46. The van der Waals surface area contributed by atoms with Gasteiger partial charge in [0, 0.05) is 35.5 Å². The maximum Gasteiger partial charge on any atom is 0.253 e. The SMILES string of the molecule is Cc1ccc2c(n1)C(c1cccc(C(=O)N3CCCCC3)c1)=NC2. The van der Waals surface area contributed by atoms with Crippen molar-refractivity contribution >= 4 is 11.6 Å². The van der Waals surface area contributed by atoms with Crippen molar-refractivity contribution in [2.24, 2.45) is 4.99 Å². The number of aromatic nitrogens is 1. The number of carbonyl (C=O) groups is 1. The molecule has 122 valence electrons. The fourth-order valence-electron chi connectivity index (χ4n) is 3.46. The van der Waals surface area contributed by atoms with E-state index < -0.39 is 0 Å². The first-order valence-electron chi connectivity index (χ1n) is 8.63. The number of hydrogen-bond donors (Lipinski definition) is 0. The second-order valence-electron chi connectivity index (χ2n) is 6.56. The number of rotatable bonds is 2. The van der Waals surface area contributed by atoms with Gasteiger partial charge in [0.05, 0.1) is 18.0 Å². The molecular weight excluding hydrogens is 298 g/mol. The minimum atomic E-state index is 0.132. The van der Waals surface area contributed by atoms with Crippen LogP contribution in [0.3, 0.4) is 0 Å². The van der Waals surface area contributed by atoms with Crippen LogP contribution in [0.1, 0.15) is 52.1 Å². The van der Waals surface area contributed by atoms with Gasteiger partial charge in [-0.1, -0.05) is 18.2 Å². The quantitative estimate of drug-likeness (QED) is 0.852. The number of nitrogens with zero attached hydrogens (tertiary/aromatic N) is 3. The first-order valence-corrected chi connectivity index (χ1v) is 8.63. The summed E-state index contributed by atoms with van der Waals surface area (Å²) >= 11 is 0. The van der Waals surface area contributed by atoms with Crippen molar-refractivity contribution in [3.63, 3.8) is 0 Å². The Morgan fingerprint density at radius 1 is 1.08 bits per heavy atom. The number of piperidine rings is 1. The molecule has 0 saturated carbocycles. The van der Waals surface area contributed by atoms with Crippen molar-refractivity contribution < 1.29 is 4.79 Å². The lowest BCUT2D eigenvalue weighted by atomic mass is 10.0. The van der Waals surface area contributed by atoms with Crippen LogP contribution in [0.4, 0.5) is 0 Å². The Kier molecular flexibility index (Phi) is 3.89. The summed E-state index contributed by atoms with van der Waals surface area (Å²) in [4.78, 5) is 24.0. The molecule has 4 nitrogen and oxygen atoms in total. The number of pyridine rings is 1. The maximum atomic E-state index is 12.7. The summed E-state index contributed by atoms with van der Waals surface area (Å²) in [7, 11) is 0.